The number of hydrogen-bond acceptors (Lipinski definition) is 5. The van der Waals surface area contributed by atoms with Gasteiger partial charge in [-0.2, -0.15) is 0 Å². The molecular formula is C17H24Cl2N2O4. The smallest absolute Gasteiger partial charge is 0.306 e. The van der Waals surface area contributed by atoms with Crippen molar-refractivity contribution >= 4 is 35.1 Å². The number of benzene rings is 1. The van der Waals surface area contributed by atoms with E-state index in [4.69, 9.17) is 38.4 Å². The summed E-state index contributed by atoms with van der Waals surface area (Å²) in [5.41, 5.74) is 5.93. The van der Waals surface area contributed by atoms with Gasteiger partial charge in [0, 0.05) is 18.5 Å². The maximum absolute atomic E-state index is 12.1. The van der Waals surface area contributed by atoms with Crippen molar-refractivity contribution in [3.63, 3.8) is 0 Å². The zero-order valence-electron chi connectivity index (χ0n) is 14.8. The number of esters is 1. The molecule has 1 aromatic carbocycles. The zero-order chi connectivity index (χ0) is 19.2. The summed E-state index contributed by atoms with van der Waals surface area (Å²) in [6.07, 6.45) is 0.265. The molecule has 0 fully saturated rings. The Balaban J connectivity index is 2.54. The standard InChI is InChI=1S/C17H24Cl2N2O4/c1-17(2,3)25-13(22)8-7-12(20)16(23)21-9-10-5-6-11(18)14(19)15(10)24-4/h5-6,12H,7-9,20H2,1-4H3,(H,21,23)/t12-/m1/s1. The van der Waals surface area contributed by atoms with E-state index in [1.807, 2.05) is 0 Å². The molecule has 0 aromatic heterocycles. The van der Waals surface area contributed by atoms with Gasteiger partial charge in [-0.25, -0.2) is 0 Å². The largest absolute Gasteiger partial charge is 0.495 e. The molecule has 1 amide bonds. The van der Waals surface area contributed by atoms with Gasteiger partial charge in [-0.15, -0.1) is 0 Å². The van der Waals surface area contributed by atoms with Crippen molar-refractivity contribution in [2.45, 2.75) is 51.8 Å². The Morgan fingerprint density at radius 1 is 1.28 bits per heavy atom. The first-order valence-electron chi connectivity index (χ1n) is 7.81. The van der Waals surface area contributed by atoms with Crippen molar-refractivity contribution in [2.75, 3.05) is 7.11 Å². The van der Waals surface area contributed by atoms with E-state index in [1.54, 1.807) is 32.9 Å². The Morgan fingerprint density at radius 2 is 1.92 bits per heavy atom. The summed E-state index contributed by atoms with van der Waals surface area (Å²) in [6, 6.07) is 2.51. The SMILES string of the molecule is COc1c(CNC(=O)[C@H](N)CCC(=O)OC(C)(C)C)ccc(Cl)c1Cl. The number of carbonyl (C=O) groups excluding carboxylic acids is 2. The summed E-state index contributed by atoms with van der Waals surface area (Å²) < 4.78 is 10.4. The lowest BCUT2D eigenvalue weighted by Crippen LogP contribution is -2.40. The average molecular weight is 391 g/mol. The number of methoxy groups -OCH3 is 1. The lowest BCUT2D eigenvalue weighted by atomic mass is 10.1. The molecule has 0 aliphatic rings. The molecule has 140 valence electrons. The fourth-order valence-corrected chi connectivity index (χ4v) is 2.45. The van der Waals surface area contributed by atoms with Gasteiger partial charge in [0.05, 0.1) is 18.2 Å². The van der Waals surface area contributed by atoms with Crippen LogP contribution in [-0.2, 0) is 20.9 Å². The number of hydrogen-bond donors (Lipinski definition) is 2. The van der Waals surface area contributed by atoms with Crippen molar-refractivity contribution < 1.29 is 19.1 Å². The van der Waals surface area contributed by atoms with Crippen LogP contribution in [0.2, 0.25) is 10.0 Å². The Hall–Kier alpha value is -1.50. The summed E-state index contributed by atoms with van der Waals surface area (Å²) in [5.74, 6) is -0.365. The van der Waals surface area contributed by atoms with Crippen molar-refractivity contribution in [3.8, 4) is 5.75 Å². The molecule has 0 aliphatic heterocycles. The van der Waals surface area contributed by atoms with Crippen LogP contribution in [-0.4, -0.2) is 30.6 Å². The minimum absolute atomic E-state index is 0.0714. The topological polar surface area (TPSA) is 90.6 Å². The van der Waals surface area contributed by atoms with Crippen LogP contribution in [0.25, 0.3) is 0 Å². The van der Waals surface area contributed by atoms with Gasteiger partial charge in [0.1, 0.15) is 16.4 Å². The van der Waals surface area contributed by atoms with Gasteiger partial charge in [-0.1, -0.05) is 29.3 Å². The van der Waals surface area contributed by atoms with Crippen molar-refractivity contribution in [1.82, 2.24) is 5.32 Å². The highest BCUT2D eigenvalue weighted by atomic mass is 35.5. The molecule has 0 spiro atoms. The van der Waals surface area contributed by atoms with Crippen LogP contribution in [0.4, 0.5) is 0 Å². The van der Waals surface area contributed by atoms with Crippen LogP contribution < -0.4 is 15.8 Å². The number of ether oxygens (including phenoxy) is 2. The van der Waals surface area contributed by atoms with E-state index in [-0.39, 0.29) is 36.3 Å². The Labute approximate surface area is 157 Å². The molecule has 0 saturated carbocycles. The number of nitrogens with two attached hydrogens (primary N) is 1. The third-order valence-electron chi connectivity index (χ3n) is 3.20. The van der Waals surface area contributed by atoms with Crippen molar-refractivity contribution in [2.24, 2.45) is 5.73 Å². The van der Waals surface area contributed by atoms with Gasteiger partial charge in [-0.05, 0) is 33.3 Å². The van der Waals surface area contributed by atoms with E-state index in [0.717, 1.165) is 0 Å². The maximum Gasteiger partial charge on any atom is 0.306 e. The minimum Gasteiger partial charge on any atom is -0.495 e. The molecule has 0 saturated heterocycles. The fraction of sp³-hybridized carbons (Fsp3) is 0.529. The summed E-state index contributed by atoms with van der Waals surface area (Å²) >= 11 is 12.0. The van der Waals surface area contributed by atoms with E-state index in [2.05, 4.69) is 5.32 Å². The lowest BCUT2D eigenvalue weighted by molar-refractivity contribution is -0.155. The molecule has 6 nitrogen and oxygen atoms in total. The van der Waals surface area contributed by atoms with E-state index in [0.29, 0.717) is 16.3 Å². The molecule has 0 heterocycles. The molecule has 3 N–H and O–H groups in total. The first kappa shape index (κ1) is 21.5. The normalized spacial score (nSPS) is 12.4. The van der Waals surface area contributed by atoms with E-state index >= 15 is 0 Å². The number of nitrogens with one attached hydrogen (secondary N) is 1. The van der Waals surface area contributed by atoms with Crippen LogP contribution in [0.15, 0.2) is 12.1 Å². The van der Waals surface area contributed by atoms with Gasteiger partial charge < -0.3 is 20.5 Å². The highest BCUT2D eigenvalue weighted by Gasteiger charge is 2.20. The molecule has 0 unspecified atom stereocenters. The second-order valence-corrected chi connectivity index (χ2v) is 7.29. The van der Waals surface area contributed by atoms with Crippen LogP contribution >= 0.6 is 23.2 Å². The van der Waals surface area contributed by atoms with Crippen molar-refractivity contribution in [1.29, 1.82) is 0 Å². The predicted octanol–water partition coefficient (Wildman–Crippen LogP) is 3.07. The zero-order valence-corrected chi connectivity index (χ0v) is 16.3. The molecule has 0 aliphatic carbocycles. The molecule has 1 rings (SSSR count). The molecule has 1 aromatic rings. The van der Waals surface area contributed by atoms with Gasteiger partial charge >= 0.3 is 5.97 Å². The number of carbonyl (C=O) groups is 2. The molecule has 25 heavy (non-hydrogen) atoms. The summed E-state index contributed by atoms with van der Waals surface area (Å²) in [6.45, 7) is 5.52. The van der Waals surface area contributed by atoms with Gasteiger partial charge in [0.2, 0.25) is 5.91 Å². The third-order valence-corrected chi connectivity index (χ3v) is 3.99. The summed E-state index contributed by atoms with van der Waals surface area (Å²) in [4.78, 5) is 23.7. The quantitative estimate of drug-likeness (QED) is 0.698. The highest BCUT2D eigenvalue weighted by Crippen LogP contribution is 2.34. The average Bonchev–Trinajstić information content (AvgIpc) is 2.51. The van der Waals surface area contributed by atoms with Crippen LogP contribution in [0.1, 0.15) is 39.2 Å². The predicted molar refractivity (Wildman–Crippen MR) is 97.9 cm³/mol. The molecule has 1 atom stereocenters. The van der Waals surface area contributed by atoms with Crippen LogP contribution in [0, 0.1) is 0 Å². The van der Waals surface area contributed by atoms with Crippen molar-refractivity contribution in [3.05, 3.63) is 27.7 Å². The van der Waals surface area contributed by atoms with Gasteiger partial charge in [0.25, 0.3) is 0 Å². The second-order valence-electron chi connectivity index (χ2n) is 6.50. The van der Waals surface area contributed by atoms with E-state index in [1.165, 1.54) is 7.11 Å². The molecule has 0 radical (unpaired) electrons. The monoisotopic (exact) mass is 390 g/mol. The summed E-state index contributed by atoms with van der Waals surface area (Å²) in [7, 11) is 1.47. The number of rotatable bonds is 7. The van der Waals surface area contributed by atoms with Gasteiger partial charge in [-0.3, -0.25) is 9.59 Å². The summed E-state index contributed by atoms with van der Waals surface area (Å²) in [5, 5.41) is 3.34. The van der Waals surface area contributed by atoms with Crippen LogP contribution in [0.5, 0.6) is 5.75 Å². The lowest BCUT2D eigenvalue weighted by Gasteiger charge is -2.20. The first-order chi connectivity index (χ1) is 11.5. The van der Waals surface area contributed by atoms with Crippen LogP contribution in [0.3, 0.4) is 0 Å². The second kappa shape index (κ2) is 9.27. The minimum atomic E-state index is -0.818. The highest BCUT2D eigenvalue weighted by molar-refractivity contribution is 6.43. The number of halogens is 2. The van der Waals surface area contributed by atoms with Gasteiger partial charge in [0.15, 0.2) is 0 Å². The number of amides is 1. The Morgan fingerprint density at radius 3 is 2.48 bits per heavy atom. The van der Waals surface area contributed by atoms with E-state index < -0.39 is 11.6 Å². The fourth-order valence-electron chi connectivity index (χ4n) is 2.04. The first-order valence-corrected chi connectivity index (χ1v) is 8.56. The van der Waals surface area contributed by atoms with E-state index in [9.17, 15) is 9.59 Å². The molecule has 0 bridgehead atoms. The third kappa shape index (κ3) is 7.10. The molecule has 8 heteroatoms. The Kier molecular flexibility index (Phi) is 7.99. The Bertz CT molecular complexity index is 630. The molecular weight excluding hydrogens is 367 g/mol. The maximum atomic E-state index is 12.1.